The van der Waals surface area contributed by atoms with E-state index in [1.165, 1.54) is 11.3 Å². The fraction of sp³-hybridized carbons (Fsp3) is 0.300. The van der Waals surface area contributed by atoms with Gasteiger partial charge in [0.15, 0.2) is 0 Å². The van der Waals surface area contributed by atoms with Crippen LogP contribution in [0.25, 0.3) is 11.4 Å². The van der Waals surface area contributed by atoms with E-state index in [1.54, 1.807) is 30.3 Å². The number of anilines is 1. The molecule has 7 nitrogen and oxygen atoms in total. The number of nitrogens with zero attached hydrogens (tertiary/aromatic N) is 2. The van der Waals surface area contributed by atoms with Crippen molar-refractivity contribution in [3.05, 3.63) is 51.7 Å². The Hall–Kier alpha value is -2.71. The number of halogens is 1. The normalized spacial score (nSPS) is 11.3. The standard InChI is InChI=1S/C20H21ClN4O3S/c1-11-9-15(24-19(27)20(2,3)4)29-16(11)18(26)22-10-14-23-17(25-28-14)12-5-7-13(21)8-6-12/h5-9H,10H2,1-4H3,(H,22,26)(H,24,27). The molecule has 0 aliphatic rings. The molecule has 0 saturated heterocycles. The van der Waals surface area contributed by atoms with E-state index in [4.69, 9.17) is 16.1 Å². The Morgan fingerprint density at radius 3 is 2.55 bits per heavy atom. The number of aryl methyl sites for hydroxylation is 1. The number of amides is 2. The first-order valence-corrected chi connectivity index (χ1v) is 10.1. The molecule has 0 radical (unpaired) electrons. The Kier molecular flexibility index (Phi) is 6.04. The number of aromatic nitrogens is 2. The topological polar surface area (TPSA) is 97.1 Å². The lowest BCUT2D eigenvalue weighted by Crippen LogP contribution is -2.27. The van der Waals surface area contributed by atoms with Crippen LogP contribution in [0.3, 0.4) is 0 Å². The van der Waals surface area contributed by atoms with Crippen LogP contribution in [-0.4, -0.2) is 22.0 Å². The molecular weight excluding hydrogens is 412 g/mol. The third-order valence-electron chi connectivity index (χ3n) is 4.01. The van der Waals surface area contributed by atoms with Crippen LogP contribution in [0.15, 0.2) is 34.9 Å². The monoisotopic (exact) mass is 432 g/mol. The number of carbonyl (C=O) groups excluding carboxylic acids is 2. The third kappa shape index (κ3) is 5.21. The van der Waals surface area contributed by atoms with Gasteiger partial charge in [0.25, 0.3) is 5.91 Å². The first-order valence-electron chi connectivity index (χ1n) is 8.92. The van der Waals surface area contributed by atoms with Gasteiger partial charge in [0, 0.05) is 16.0 Å². The first kappa shape index (κ1) is 21.0. The van der Waals surface area contributed by atoms with Crippen molar-refractivity contribution in [3.8, 4) is 11.4 Å². The molecule has 0 aliphatic carbocycles. The zero-order valence-electron chi connectivity index (χ0n) is 16.5. The zero-order chi connectivity index (χ0) is 21.2. The maximum atomic E-state index is 12.5. The number of thiophene rings is 1. The number of hydrogen-bond donors (Lipinski definition) is 2. The second kappa shape index (κ2) is 8.34. The lowest BCUT2D eigenvalue weighted by atomic mass is 9.96. The summed E-state index contributed by atoms with van der Waals surface area (Å²) < 4.78 is 5.20. The fourth-order valence-electron chi connectivity index (χ4n) is 2.35. The minimum Gasteiger partial charge on any atom is -0.342 e. The highest BCUT2D eigenvalue weighted by Crippen LogP contribution is 2.28. The highest BCUT2D eigenvalue weighted by molar-refractivity contribution is 7.18. The third-order valence-corrected chi connectivity index (χ3v) is 5.42. The maximum absolute atomic E-state index is 12.5. The van der Waals surface area contributed by atoms with Gasteiger partial charge < -0.3 is 15.2 Å². The molecule has 2 N–H and O–H groups in total. The van der Waals surface area contributed by atoms with Crippen molar-refractivity contribution in [2.45, 2.75) is 34.2 Å². The summed E-state index contributed by atoms with van der Waals surface area (Å²) in [4.78, 5) is 29.5. The Morgan fingerprint density at radius 2 is 1.90 bits per heavy atom. The number of benzene rings is 1. The van der Waals surface area contributed by atoms with E-state index in [0.717, 1.165) is 11.1 Å². The van der Waals surface area contributed by atoms with Crippen LogP contribution in [0, 0.1) is 12.3 Å². The fourth-order valence-corrected chi connectivity index (χ4v) is 3.46. The molecule has 2 aromatic heterocycles. The van der Waals surface area contributed by atoms with E-state index in [0.29, 0.717) is 26.6 Å². The minimum atomic E-state index is -0.514. The average molecular weight is 433 g/mol. The van der Waals surface area contributed by atoms with Crippen LogP contribution in [0.4, 0.5) is 5.00 Å². The van der Waals surface area contributed by atoms with Crippen LogP contribution in [-0.2, 0) is 11.3 Å². The Balaban J connectivity index is 1.63. The minimum absolute atomic E-state index is 0.0977. The van der Waals surface area contributed by atoms with Crippen LogP contribution in [0.2, 0.25) is 5.02 Å². The molecule has 29 heavy (non-hydrogen) atoms. The van der Waals surface area contributed by atoms with Crippen molar-refractivity contribution < 1.29 is 14.1 Å². The summed E-state index contributed by atoms with van der Waals surface area (Å²) in [6.45, 7) is 7.42. The molecule has 0 saturated carbocycles. The average Bonchev–Trinajstić information content (AvgIpc) is 3.26. The second-order valence-corrected chi connectivity index (χ2v) is 9.02. The SMILES string of the molecule is Cc1cc(NC(=O)C(C)(C)C)sc1C(=O)NCc1nc(-c2ccc(Cl)cc2)no1. The summed E-state index contributed by atoms with van der Waals surface area (Å²) in [5.74, 6) is 0.338. The molecule has 2 amide bonds. The smallest absolute Gasteiger partial charge is 0.262 e. The van der Waals surface area contributed by atoms with Crippen molar-refractivity contribution in [1.82, 2.24) is 15.5 Å². The van der Waals surface area contributed by atoms with Gasteiger partial charge in [-0.1, -0.05) is 37.5 Å². The Morgan fingerprint density at radius 1 is 1.21 bits per heavy atom. The van der Waals surface area contributed by atoms with Crippen molar-refractivity contribution in [1.29, 1.82) is 0 Å². The van der Waals surface area contributed by atoms with Gasteiger partial charge in [0.1, 0.15) is 0 Å². The van der Waals surface area contributed by atoms with Crippen molar-refractivity contribution >= 4 is 39.8 Å². The molecule has 0 atom stereocenters. The molecule has 2 heterocycles. The molecule has 1 aromatic carbocycles. The highest BCUT2D eigenvalue weighted by atomic mass is 35.5. The molecule has 0 aliphatic heterocycles. The highest BCUT2D eigenvalue weighted by Gasteiger charge is 2.23. The van der Waals surface area contributed by atoms with Gasteiger partial charge in [0.2, 0.25) is 17.6 Å². The van der Waals surface area contributed by atoms with Gasteiger partial charge in [-0.25, -0.2) is 0 Å². The molecule has 152 valence electrons. The lowest BCUT2D eigenvalue weighted by Gasteiger charge is -2.16. The number of nitrogens with one attached hydrogen (secondary N) is 2. The molecular formula is C20H21ClN4O3S. The van der Waals surface area contributed by atoms with E-state index in [9.17, 15) is 9.59 Å². The zero-order valence-corrected chi connectivity index (χ0v) is 18.1. The molecule has 3 aromatic rings. The number of rotatable bonds is 5. The van der Waals surface area contributed by atoms with Gasteiger partial charge in [0.05, 0.1) is 16.4 Å². The quantitative estimate of drug-likeness (QED) is 0.610. The molecule has 3 rings (SSSR count). The molecule has 0 fully saturated rings. The number of carbonyl (C=O) groups is 2. The van der Waals surface area contributed by atoms with E-state index in [-0.39, 0.29) is 18.4 Å². The second-order valence-electron chi connectivity index (χ2n) is 7.53. The predicted molar refractivity (Wildman–Crippen MR) is 113 cm³/mol. The van der Waals surface area contributed by atoms with Crippen molar-refractivity contribution in [2.24, 2.45) is 5.41 Å². The van der Waals surface area contributed by atoms with E-state index >= 15 is 0 Å². The van der Waals surface area contributed by atoms with E-state index in [2.05, 4.69) is 20.8 Å². The Labute approximate surface area is 177 Å². The van der Waals surface area contributed by atoms with E-state index in [1.807, 2.05) is 27.7 Å². The summed E-state index contributed by atoms with van der Waals surface area (Å²) in [5, 5.41) is 10.8. The number of hydrogen-bond acceptors (Lipinski definition) is 6. The van der Waals surface area contributed by atoms with Gasteiger partial charge in [-0.3, -0.25) is 9.59 Å². The van der Waals surface area contributed by atoms with Gasteiger partial charge in [-0.15, -0.1) is 11.3 Å². The van der Waals surface area contributed by atoms with Crippen LogP contribution in [0.5, 0.6) is 0 Å². The largest absolute Gasteiger partial charge is 0.342 e. The molecule has 0 unspecified atom stereocenters. The first-order chi connectivity index (χ1) is 13.6. The summed E-state index contributed by atoms with van der Waals surface area (Å²) in [7, 11) is 0. The van der Waals surface area contributed by atoms with Crippen LogP contribution >= 0.6 is 22.9 Å². The molecule has 0 spiro atoms. The summed E-state index contributed by atoms with van der Waals surface area (Å²) in [6.07, 6.45) is 0. The van der Waals surface area contributed by atoms with Crippen molar-refractivity contribution in [3.63, 3.8) is 0 Å². The maximum Gasteiger partial charge on any atom is 0.262 e. The van der Waals surface area contributed by atoms with E-state index < -0.39 is 5.41 Å². The Bertz CT molecular complexity index is 1030. The van der Waals surface area contributed by atoms with Crippen molar-refractivity contribution in [2.75, 3.05) is 5.32 Å². The summed E-state index contributed by atoms with van der Waals surface area (Å²) in [6, 6.07) is 8.85. The molecule has 0 bridgehead atoms. The van der Waals surface area contributed by atoms with Gasteiger partial charge in [-0.2, -0.15) is 4.98 Å². The van der Waals surface area contributed by atoms with Gasteiger partial charge in [-0.05, 0) is 42.8 Å². The van der Waals surface area contributed by atoms with Gasteiger partial charge >= 0.3 is 0 Å². The van der Waals surface area contributed by atoms with Crippen LogP contribution in [0.1, 0.15) is 41.9 Å². The lowest BCUT2D eigenvalue weighted by molar-refractivity contribution is -0.123. The van der Waals surface area contributed by atoms with Crippen LogP contribution < -0.4 is 10.6 Å². The summed E-state index contributed by atoms with van der Waals surface area (Å²) in [5.41, 5.74) is 1.04. The summed E-state index contributed by atoms with van der Waals surface area (Å²) >= 11 is 7.11. The predicted octanol–water partition coefficient (Wildman–Crippen LogP) is 4.67. The molecule has 9 heteroatoms.